The molecule has 10 nitrogen and oxygen atoms in total. The maximum Gasteiger partial charge on any atom is 0.246 e. The summed E-state index contributed by atoms with van der Waals surface area (Å²) in [6.45, 7) is 0.833. The average molecular weight is 521 g/mol. The van der Waals surface area contributed by atoms with Crippen molar-refractivity contribution in [1.29, 1.82) is 0 Å². The number of carbonyl (C=O) groups is 4. The number of aromatic hydroxyl groups is 2. The first-order valence-corrected chi connectivity index (χ1v) is 13.1. The Morgan fingerprint density at radius 1 is 0.632 bits per heavy atom. The third kappa shape index (κ3) is 5.29. The van der Waals surface area contributed by atoms with Gasteiger partial charge >= 0.3 is 0 Å². The monoisotopic (exact) mass is 520 g/mol. The molecule has 5 rings (SSSR count). The topological polar surface area (TPSA) is 139 Å². The quantitative estimate of drug-likeness (QED) is 0.471. The van der Waals surface area contributed by atoms with Gasteiger partial charge in [-0.15, -0.1) is 0 Å². The van der Waals surface area contributed by atoms with Gasteiger partial charge in [0.1, 0.15) is 35.7 Å². The van der Waals surface area contributed by atoms with Gasteiger partial charge < -0.3 is 30.6 Å². The number of benzene rings is 2. The Labute approximate surface area is 220 Å². The Bertz CT molecular complexity index is 1210. The van der Waals surface area contributed by atoms with Crippen LogP contribution in [0.5, 0.6) is 11.5 Å². The number of hydrogen-bond acceptors (Lipinski definition) is 6. The summed E-state index contributed by atoms with van der Waals surface area (Å²) in [4.78, 5) is 57.6. The lowest BCUT2D eigenvalue weighted by Gasteiger charge is -2.35. The normalized spacial score (nSPS) is 26.2. The van der Waals surface area contributed by atoms with Crippen LogP contribution in [0.2, 0.25) is 0 Å². The van der Waals surface area contributed by atoms with Gasteiger partial charge in [0.2, 0.25) is 23.6 Å². The Morgan fingerprint density at radius 3 is 1.68 bits per heavy atom. The van der Waals surface area contributed by atoms with E-state index in [4.69, 9.17) is 0 Å². The van der Waals surface area contributed by atoms with E-state index in [2.05, 4.69) is 10.6 Å². The maximum absolute atomic E-state index is 13.8. The van der Waals surface area contributed by atoms with Crippen molar-refractivity contribution < 1.29 is 29.4 Å². The van der Waals surface area contributed by atoms with E-state index in [1.807, 2.05) is 0 Å². The summed E-state index contributed by atoms with van der Waals surface area (Å²) >= 11 is 0. The smallest absolute Gasteiger partial charge is 0.246 e. The summed E-state index contributed by atoms with van der Waals surface area (Å²) in [6, 6.07) is 9.44. The lowest BCUT2D eigenvalue weighted by atomic mass is 10.0. The molecule has 0 saturated carbocycles. The van der Waals surface area contributed by atoms with Crippen molar-refractivity contribution in [3.63, 3.8) is 0 Å². The second kappa shape index (κ2) is 10.7. The third-order valence-corrected chi connectivity index (χ3v) is 7.66. The Kier molecular flexibility index (Phi) is 7.22. The maximum atomic E-state index is 13.8. The van der Waals surface area contributed by atoms with Gasteiger partial charge in [-0.25, -0.2) is 0 Å². The molecule has 0 aromatic heterocycles. The first-order chi connectivity index (χ1) is 18.3. The number of rotatable bonds is 4. The molecule has 4 unspecified atom stereocenters. The van der Waals surface area contributed by atoms with Gasteiger partial charge in [-0.3, -0.25) is 19.2 Å². The van der Waals surface area contributed by atoms with Crippen LogP contribution in [-0.2, 0) is 32.0 Å². The molecule has 4 amide bonds. The Morgan fingerprint density at radius 2 is 1.11 bits per heavy atom. The van der Waals surface area contributed by atoms with Crippen LogP contribution >= 0.6 is 0 Å². The molecule has 2 aromatic carbocycles. The number of nitrogens with one attached hydrogen (secondary N) is 2. The summed E-state index contributed by atoms with van der Waals surface area (Å²) in [6.07, 6.45) is 2.65. The molecule has 38 heavy (non-hydrogen) atoms. The number of phenolic OH excluding ortho intramolecular Hbond substituents is 2. The van der Waals surface area contributed by atoms with Crippen molar-refractivity contribution in [3.8, 4) is 11.5 Å². The van der Waals surface area contributed by atoms with E-state index in [-0.39, 0.29) is 42.1 Å². The lowest BCUT2D eigenvalue weighted by Crippen LogP contribution is -2.61. The largest absolute Gasteiger partial charge is 0.508 e. The molecule has 10 heteroatoms. The zero-order chi connectivity index (χ0) is 26.8. The number of fused-ring (bicyclic) bond motifs is 2. The molecule has 0 radical (unpaired) electrons. The zero-order valence-corrected chi connectivity index (χ0v) is 21.0. The van der Waals surface area contributed by atoms with Gasteiger partial charge in [-0.1, -0.05) is 24.3 Å². The van der Waals surface area contributed by atoms with Crippen molar-refractivity contribution in [3.05, 3.63) is 59.7 Å². The zero-order valence-electron chi connectivity index (χ0n) is 21.0. The van der Waals surface area contributed by atoms with Crippen molar-refractivity contribution in [2.75, 3.05) is 13.1 Å². The van der Waals surface area contributed by atoms with Gasteiger partial charge in [0.05, 0.1) is 0 Å². The molecule has 3 aliphatic heterocycles. The summed E-state index contributed by atoms with van der Waals surface area (Å²) in [5.41, 5.74) is 1.45. The van der Waals surface area contributed by atoms with Crippen LogP contribution in [0.15, 0.2) is 48.5 Å². The molecule has 200 valence electrons. The van der Waals surface area contributed by atoms with Gasteiger partial charge in [0.25, 0.3) is 0 Å². The molecule has 3 fully saturated rings. The number of hydrogen-bond donors (Lipinski definition) is 4. The van der Waals surface area contributed by atoms with Crippen LogP contribution in [-0.4, -0.2) is 80.9 Å². The molecule has 0 bridgehead atoms. The first kappa shape index (κ1) is 25.6. The number of phenols is 2. The van der Waals surface area contributed by atoms with Crippen LogP contribution < -0.4 is 10.6 Å². The van der Waals surface area contributed by atoms with Gasteiger partial charge in [0, 0.05) is 25.9 Å². The van der Waals surface area contributed by atoms with Crippen molar-refractivity contribution >= 4 is 23.6 Å². The van der Waals surface area contributed by atoms with E-state index >= 15 is 0 Å². The van der Waals surface area contributed by atoms with E-state index in [1.54, 1.807) is 34.1 Å². The Balaban J connectivity index is 1.49. The fraction of sp³-hybridized carbons (Fsp3) is 0.429. The van der Waals surface area contributed by atoms with Crippen molar-refractivity contribution in [2.24, 2.45) is 0 Å². The van der Waals surface area contributed by atoms with E-state index < -0.39 is 30.1 Å². The SMILES string of the molecule is O=C1NC(Cc2ccc(O)cc2)C(=O)N2CCCC2C(=O)N2CCCC2C(=O)NC1Cc1ccc(O)cc1. The molecule has 4 N–H and O–H groups in total. The predicted octanol–water partition coefficient (Wildman–Crippen LogP) is 0.848. The van der Waals surface area contributed by atoms with Crippen LogP contribution in [0.25, 0.3) is 0 Å². The predicted molar refractivity (Wildman–Crippen MR) is 137 cm³/mol. The molecule has 4 atom stereocenters. The lowest BCUT2D eigenvalue weighted by molar-refractivity contribution is -0.149. The highest BCUT2D eigenvalue weighted by Crippen LogP contribution is 2.27. The fourth-order valence-corrected chi connectivity index (χ4v) is 5.67. The highest BCUT2D eigenvalue weighted by molar-refractivity contribution is 5.98. The van der Waals surface area contributed by atoms with E-state index in [1.165, 1.54) is 24.3 Å². The minimum Gasteiger partial charge on any atom is -0.508 e. The van der Waals surface area contributed by atoms with Crippen LogP contribution in [0.1, 0.15) is 36.8 Å². The third-order valence-electron chi connectivity index (χ3n) is 7.66. The fourth-order valence-electron chi connectivity index (χ4n) is 5.67. The van der Waals surface area contributed by atoms with Crippen molar-refractivity contribution in [2.45, 2.75) is 62.7 Å². The number of nitrogens with zero attached hydrogens (tertiary/aromatic N) is 2. The van der Waals surface area contributed by atoms with Gasteiger partial charge in [-0.2, -0.15) is 0 Å². The van der Waals surface area contributed by atoms with Gasteiger partial charge in [0.15, 0.2) is 0 Å². The molecule has 2 aromatic rings. The highest BCUT2D eigenvalue weighted by atomic mass is 16.3. The summed E-state index contributed by atoms with van der Waals surface area (Å²) in [5, 5.41) is 25.0. The summed E-state index contributed by atoms with van der Waals surface area (Å²) < 4.78 is 0. The molecule has 3 saturated heterocycles. The van der Waals surface area contributed by atoms with Gasteiger partial charge in [-0.05, 0) is 61.1 Å². The Hall–Kier alpha value is -4.08. The molecular weight excluding hydrogens is 488 g/mol. The highest BCUT2D eigenvalue weighted by Gasteiger charge is 2.45. The van der Waals surface area contributed by atoms with Crippen LogP contribution in [0.4, 0.5) is 0 Å². The average Bonchev–Trinajstić information content (AvgIpc) is 3.59. The van der Waals surface area contributed by atoms with Crippen LogP contribution in [0.3, 0.4) is 0 Å². The second-order valence-corrected chi connectivity index (χ2v) is 10.2. The standard InChI is InChI=1S/C28H32N4O6/c33-19-9-5-17(6-10-19)15-21-25(35)30-22(16-18-7-11-20(34)12-8-18)27(37)32-14-2-4-24(32)28(38)31-13-1-3-23(31)26(36)29-21/h5-12,21-24,33-34H,1-4,13-16H2,(H,29,36)(H,30,35). The first-order valence-electron chi connectivity index (χ1n) is 13.1. The molecular formula is C28H32N4O6. The van der Waals surface area contributed by atoms with E-state index in [0.29, 0.717) is 38.8 Å². The summed E-state index contributed by atoms with van der Waals surface area (Å²) in [7, 11) is 0. The number of carbonyl (C=O) groups excluding carboxylic acids is 4. The molecule has 3 aliphatic rings. The van der Waals surface area contributed by atoms with E-state index in [9.17, 15) is 29.4 Å². The minimum atomic E-state index is -0.992. The molecule has 0 spiro atoms. The summed E-state index contributed by atoms with van der Waals surface area (Å²) in [5.74, 6) is -1.28. The van der Waals surface area contributed by atoms with Crippen LogP contribution in [0, 0.1) is 0 Å². The minimum absolute atomic E-state index is 0.0840. The molecule has 3 heterocycles. The number of amides is 4. The second-order valence-electron chi connectivity index (χ2n) is 10.2. The van der Waals surface area contributed by atoms with Crippen molar-refractivity contribution in [1.82, 2.24) is 20.4 Å². The van der Waals surface area contributed by atoms with E-state index in [0.717, 1.165) is 11.1 Å². The molecule has 0 aliphatic carbocycles.